The summed E-state index contributed by atoms with van der Waals surface area (Å²) < 4.78 is 0. The Labute approximate surface area is 125 Å². The van der Waals surface area contributed by atoms with Crippen LogP contribution in [0.15, 0.2) is 30.3 Å². The number of hydrogen-bond acceptors (Lipinski definition) is 4. The van der Waals surface area contributed by atoms with Crippen LogP contribution in [-0.2, 0) is 12.2 Å². The molecule has 0 saturated heterocycles. The third-order valence-corrected chi connectivity index (χ3v) is 5.39. The lowest BCUT2D eigenvalue weighted by Gasteiger charge is -2.08. The van der Waals surface area contributed by atoms with Crippen LogP contribution in [0.1, 0.15) is 25.7 Å². The fraction of sp³-hybridized carbons (Fsp3) is 0.200. The van der Waals surface area contributed by atoms with Gasteiger partial charge in [-0.05, 0) is 35.9 Å². The van der Waals surface area contributed by atoms with Crippen molar-refractivity contribution in [1.82, 2.24) is 0 Å². The summed E-state index contributed by atoms with van der Waals surface area (Å²) in [5, 5.41) is 11.9. The molecule has 2 heterocycles. The number of para-hydroxylation sites is 1. The van der Waals surface area contributed by atoms with Gasteiger partial charge < -0.3 is 5.32 Å². The van der Waals surface area contributed by atoms with E-state index in [0.717, 1.165) is 22.8 Å². The Morgan fingerprint density at radius 1 is 1.35 bits per heavy atom. The fourth-order valence-corrected chi connectivity index (χ4v) is 4.40. The average Bonchev–Trinajstić information content (AvgIpc) is 2.92. The Morgan fingerprint density at radius 3 is 3.00 bits per heavy atom. The molecule has 2 aromatic rings. The molecule has 5 heteroatoms. The van der Waals surface area contributed by atoms with E-state index in [2.05, 4.69) is 11.4 Å². The first-order valence-corrected chi connectivity index (χ1v) is 8.25. The third kappa shape index (κ3) is 2.58. The molecule has 3 rings (SSSR count). The maximum Gasteiger partial charge on any atom is 0.265 e. The van der Waals surface area contributed by atoms with Gasteiger partial charge in [-0.15, -0.1) is 11.3 Å². The van der Waals surface area contributed by atoms with Crippen LogP contribution in [-0.4, -0.2) is 11.7 Å². The van der Waals surface area contributed by atoms with E-state index in [1.54, 1.807) is 29.5 Å². The summed E-state index contributed by atoms with van der Waals surface area (Å²) in [6.07, 6.45) is 1.05. The summed E-state index contributed by atoms with van der Waals surface area (Å²) in [4.78, 5) is 14.3. The molecule has 1 aliphatic rings. The summed E-state index contributed by atoms with van der Waals surface area (Å²) in [7, 11) is 0. The van der Waals surface area contributed by atoms with Gasteiger partial charge >= 0.3 is 0 Å². The van der Waals surface area contributed by atoms with Crippen LogP contribution in [0, 0.1) is 11.3 Å². The van der Waals surface area contributed by atoms with E-state index in [-0.39, 0.29) is 5.91 Å². The Morgan fingerprint density at radius 2 is 2.20 bits per heavy atom. The highest BCUT2D eigenvalue weighted by molar-refractivity contribution is 7.98. The minimum atomic E-state index is -0.128. The largest absolute Gasteiger partial charge is 0.320 e. The number of hydrogen-bond donors (Lipinski definition) is 1. The predicted octanol–water partition coefficient (Wildman–Crippen LogP) is 3.66. The van der Waals surface area contributed by atoms with Gasteiger partial charge in [0.05, 0.1) is 16.1 Å². The summed E-state index contributed by atoms with van der Waals surface area (Å²) in [6, 6.07) is 11.1. The molecule has 0 aliphatic carbocycles. The molecule has 0 saturated carbocycles. The number of nitrogens with one attached hydrogen (secondary N) is 1. The molecule has 0 spiro atoms. The lowest BCUT2D eigenvalue weighted by molar-refractivity contribution is 0.103. The molecule has 1 aromatic carbocycles. The van der Waals surface area contributed by atoms with E-state index in [1.165, 1.54) is 10.4 Å². The Kier molecular flexibility index (Phi) is 3.77. The first kappa shape index (κ1) is 13.2. The maximum absolute atomic E-state index is 12.3. The van der Waals surface area contributed by atoms with Crippen molar-refractivity contribution in [2.75, 3.05) is 11.1 Å². The highest BCUT2D eigenvalue weighted by atomic mass is 32.2. The second-order valence-corrected chi connectivity index (χ2v) is 6.72. The molecule has 20 heavy (non-hydrogen) atoms. The number of amides is 1. The molecular formula is C15H12N2OS2. The van der Waals surface area contributed by atoms with Crippen LogP contribution >= 0.6 is 23.1 Å². The van der Waals surface area contributed by atoms with Crippen LogP contribution < -0.4 is 5.32 Å². The number of carbonyl (C=O) groups is 1. The molecule has 1 N–H and O–H groups in total. The number of aryl methyl sites for hydroxylation is 1. The van der Waals surface area contributed by atoms with Gasteiger partial charge in [0.25, 0.3) is 5.91 Å². The SMILES string of the molecule is N#Cc1ccccc1NC(=O)c1cc2c(s1)CCSC2. The Balaban J connectivity index is 1.83. The fourth-order valence-electron chi connectivity index (χ4n) is 2.13. The van der Waals surface area contributed by atoms with Crippen LogP contribution in [0.2, 0.25) is 0 Å². The van der Waals surface area contributed by atoms with Crippen molar-refractivity contribution in [1.29, 1.82) is 5.26 Å². The van der Waals surface area contributed by atoms with Gasteiger partial charge in [-0.1, -0.05) is 12.1 Å². The van der Waals surface area contributed by atoms with Crippen molar-refractivity contribution in [2.45, 2.75) is 12.2 Å². The number of rotatable bonds is 2. The zero-order chi connectivity index (χ0) is 13.9. The molecule has 0 fully saturated rings. The van der Waals surface area contributed by atoms with Crippen LogP contribution in [0.3, 0.4) is 0 Å². The van der Waals surface area contributed by atoms with Crippen LogP contribution in [0.25, 0.3) is 0 Å². The second-order valence-electron chi connectivity index (χ2n) is 4.47. The van der Waals surface area contributed by atoms with E-state index in [1.807, 2.05) is 23.9 Å². The molecule has 1 amide bonds. The molecule has 3 nitrogen and oxygen atoms in total. The van der Waals surface area contributed by atoms with Crippen molar-refractivity contribution >= 4 is 34.7 Å². The molecule has 0 unspecified atom stereocenters. The predicted molar refractivity (Wildman–Crippen MR) is 83.3 cm³/mol. The maximum atomic E-state index is 12.3. The van der Waals surface area contributed by atoms with E-state index in [9.17, 15) is 4.79 Å². The summed E-state index contributed by atoms with van der Waals surface area (Å²) in [5.41, 5.74) is 2.34. The van der Waals surface area contributed by atoms with Gasteiger partial charge in [-0.25, -0.2) is 0 Å². The lowest BCUT2D eigenvalue weighted by Crippen LogP contribution is -2.11. The van der Waals surface area contributed by atoms with Gasteiger partial charge in [0.1, 0.15) is 6.07 Å². The van der Waals surface area contributed by atoms with Crippen molar-refractivity contribution in [3.05, 3.63) is 51.2 Å². The Bertz CT molecular complexity index is 677. The zero-order valence-corrected chi connectivity index (χ0v) is 12.3. The third-order valence-electron chi connectivity index (χ3n) is 3.15. The molecular weight excluding hydrogens is 288 g/mol. The van der Waals surface area contributed by atoms with Gasteiger partial charge in [0, 0.05) is 10.6 Å². The highest BCUT2D eigenvalue weighted by Gasteiger charge is 2.18. The quantitative estimate of drug-likeness (QED) is 0.921. The Hall–Kier alpha value is -1.77. The second kappa shape index (κ2) is 5.70. The zero-order valence-electron chi connectivity index (χ0n) is 10.7. The first-order chi connectivity index (χ1) is 9.78. The summed E-state index contributed by atoms with van der Waals surface area (Å²) >= 11 is 3.47. The minimum absolute atomic E-state index is 0.128. The van der Waals surface area contributed by atoms with Crippen molar-refractivity contribution < 1.29 is 4.79 Å². The van der Waals surface area contributed by atoms with Gasteiger partial charge in [-0.2, -0.15) is 17.0 Å². The summed E-state index contributed by atoms with van der Waals surface area (Å²) in [5.74, 6) is 2.00. The number of carbonyl (C=O) groups excluding carboxylic acids is 1. The number of benzene rings is 1. The molecule has 0 bridgehead atoms. The first-order valence-electron chi connectivity index (χ1n) is 6.28. The highest BCUT2D eigenvalue weighted by Crippen LogP contribution is 2.32. The monoisotopic (exact) mass is 300 g/mol. The van der Waals surface area contributed by atoms with Crippen molar-refractivity contribution in [2.24, 2.45) is 0 Å². The smallest absolute Gasteiger partial charge is 0.265 e. The number of thioether (sulfide) groups is 1. The van der Waals surface area contributed by atoms with Gasteiger partial charge in [0.15, 0.2) is 0 Å². The van der Waals surface area contributed by atoms with Crippen molar-refractivity contribution in [3.63, 3.8) is 0 Å². The normalized spacial score (nSPS) is 13.3. The van der Waals surface area contributed by atoms with E-state index in [4.69, 9.17) is 5.26 Å². The molecule has 1 aromatic heterocycles. The van der Waals surface area contributed by atoms with E-state index in [0.29, 0.717) is 11.3 Å². The lowest BCUT2D eigenvalue weighted by atomic mass is 10.2. The standard InChI is InChI=1S/C15H12N2OS2/c16-8-10-3-1-2-4-12(10)17-15(18)14-7-11-9-19-6-5-13(11)20-14/h1-4,7H,5-6,9H2,(H,17,18). The topological polar surface area (TPSA) is 52.9 Å². The number of nitrogens with zero attached hydrogens (tertiary/aromatic N) is 1. The number of nitriles is 1. The molecule has 100 valence electrons. The van der Waals surface area contributed by atoms with Crippen LogP contribution in [0.5, 0.6) is 0 Å². The van der Waals surface area contributed by atoms with Gasteiger partial charge in [0.2, 0.25) is 0 Å². The van der Waals surface area contributed by atoms with Gasteiger partial charge in [-0.3, -0.25) is 4.79 Å². The minimum Gasteiger partial charge on any atom is -0.320 e. The number of fused-ring (bicyclic) bond motifs is 1. The summed E-state index contributed by atoms with van der Waals surface area (Å²) in [6.45, 7) is 0. The molecule has 1 aliphatic heterocycles. The van der Waals surface area contributed by atoms with E-state index < -0.39 is 0 Å². The van der Waals surface area contributed by atoms with Crippen LogP contribution in [0.4, 0.5) is 5.69 Å². The molecule has 0 atom stereocenters. The number of thiophene rings is 1. The van der Waals surface area contributed by atoms with Crippen molar-refractivity contribution in [3.8, 4) is 6.07 Å². The average molecular weight is 300 g/mol. The van der Waals surface area contributed by atoms with E-state index >= 15 is 0 Å². The number of anilines is 1. The molecule has 0 radical (unpaired) electrons.